The van der Waals surface area contributed by atoms with E-state index >= 15 is 0 Å². The number of rotatable bonds is 3. The summed E-state index contributed by atoms with van der Waals surface area (Å²) in [5, 5.41) is 4.88. The van der Waals surface area contributed by atoms with Crippen LogP contribution in [0.4, 0.5) is 5.69 Å². The lowest BCUT2D eigenvalue weighted by molar-refractivity contribution is 0.208. The van der Waals surface area contributed by atoms with Gasteiger partial charge in [-0.2, -0.15) is 0 Å². The molecule has 0 spiro atoms. The number of hydrogen-bond acceptors (Lipinski definition) is 2. The fourth-order valence-corrected chi connectivity index (χ4v) is 3.07. The van der Waals surface area contributed by atoms with Crippen molar-refractivity contribution >= 4 is 28.9 Å². The molecular formula is C14H20Cl2N2. The van der Waals surface area contributed by atoms with Gasteiger partial charge in [0.1, 0.15) is 0 Å². The first-order chi connectivity index (χ1) is 8.54. The minimum Gasteiger partial charge on any atom is -0.382 e. The van der Waals surface area contributed by atoms with Crippen molar-refractivity contribution in [2.45, 2.75) is 25.8 Å². The highest BCUT2D eigenvalue weighted by Gasteiger charge is 2.22. The highest BCUT2D eigenvalue weighted by molar-refractivity contribution is 6.35. The van der Waals surface area contributed by atoms with Crippen molar-refractivity contribution in [3.8, 4) is 0 Å². The summed E-state index contributed by atoms with van der Waals surface area (Å²) in [5.74, 6) is 0.721. The molecule has 1 unspecified atom stereocenters. The predicted octanol–water partition coefficient (Wildman–Crippen LogP) is 4.14. The Morgan fingerprint density at radius 2 is 1.72 bits per heavy atom. The number of nitrogens with one attached hydrogen (secondary N) is 1. The van der Waals surface area contributed by atoms with Crippen LogP contribution in [0.5, 0.6) is 0 Å². The standard InChI is InChI=1S/C14H20Cl2N2/c1-10(11-3-5-18(2)6-4-11)17-14-8-12(15)7-13(16)9-14/h7-11,17H,3-6H2,1-2H3. The molecule has 4 heteroatoms. The van der Waals surface area contributed by atoms with Crippen LogP contribution < -0.4 is 5.32 Å². The van der Waals surface area contributed by atoms with Gasteiger partial charge in [-0.05, 0) is 64.0 Å². The zero-order valence-corrected chi connectivity index (χ0v) is 12.4. The molecule has 1 aromatic rings. The fraction of sp³-hybridized carbons (Fsp3) is 0.571. The van der Waals surface area contributed by atoms with Crippen molar-refractivity contribution in [1.82, 2.24) is 4.90 Å². The summed E-state index contributed by atoms with van der Waals surface area (Å²) in [6.07, 6.45) is 2.50. The monoisotopic (exact) mass is 286 g/mol. The van der Waals surface area contributed by atoms with Gasteiger partial charge in [0.2, 0.25) is 0 Å². The molecule has 1 aromatic carbocycles. The first-order valence-electron chi connectivity index (χ1n) is 6.46. The predicted molar refractivity (Wildman–Crippen MR) is 79.8 cm³/mol. The molecule has 1 heterocycles. The second kappa shape index (κ2) is 6.14. The smallest absolute Gasteiger partial charge is 0.0441 e. The summed E-state index contributed by atoms with van der Waals surface area (Å²) in [6, 6.07) is 6.07. The lowest BCUT2D eigenvalue weighted by Crippen LogP contribution is -2.37. The second-order valence-corrected chi connectivity index (χ2v) is 6.10. The van der Waals surface area contributed by atoms with Gasteiger partial charge in [0.05, 0.1) is 0 Å². The van der Waals surface area contributed by atoms with Crippen LogP contribution >= 0.6 is 23.2 Å². The Hall–Kier alpha value is -0.440. The molecule has 1 N–H and O–H groups in total. The molecule has 0 saturated carbocycles. The zero-order valence-electron chi connectivity index (χ0n) is 10.9. The van der Waals surface area contributed by atoms with Gasteiger partial charge in [-0.25, -0.2) is 0 Å². The first-order valence-corrected chi connectivity index (χ1v) is 7.21. The average molecular weight is 287 g/mol. The van der Waals surface area contributed by atoms with Crippen molar-refractivity contribution in [3.05, 3.63) is 28.2 Å². The highest BCUT2D eigenvalue weighted by Crippen LogP contribution is 2.26. The summed E-state index contributed by atoms with van der Waals surface area (Å²) in [4.78, 5) is 2.39. The van der Waals surface area contributed by atoms with Gasteiger partial charge in [0.15, 0.2) is 0 Å². The van der Waals surface area contributed by atoms with E-state index in [9.17, 15) is 0 Å². The van der Waals surface area contributed by atoms with Crippen molar-refractivity contribution in [3.63, 3.8) is 0 Å². The van der Waals surface area contributed by atoms with E-state index in [1.807, 2.05) is 12.1 Å². The van der Waals surface area contributed by atoms with E-state index in [0.717, 1.165) is 11.6 Å². The lowest BCUT2D eigenvalue weighted by atomic mass is 9.90. The maximum Gasteiger partial charge on any atom is 0.0441 e. The number of anilines is 1. The summed E-state index contributed by atoms with van der Waals surface area (Å²) >= 11 is 12.0. The topological polar surface area (TPSA) is 15.3 Å². The summed E-state index contributed by atoms with van der Waals surface area (Å²) in [7, 11) is 2.19. The Labute approximate surface area is 119 Å². The maximum atomic E-state index is 6.01. The number of benzene rings is 1. The van der Waals surface area contributed by atoms with Crippen molar-refractivity contribution < 1.29 is 0 Å². The van der Waals surface area contributed by atoms with Crippen LogP contribution in [0.3, 0.4) is 0 Å². The third kappa shape index (κ3) is 3.78. The molecule has 2 rings (SSSR count). The Balaban J connectivity index is 1.96. The fourth-order valence-electron chi connectivity index (χ4n) is 2.55. The van der Waals surface area contributed by atoms with Crippen LogP contribution in [0, 0.1) is 5.92 Å². The Morgan fingerprint density at radius 1 is 1.17 bits per heavy atom. The molecule has 0 bridgehead atoms. The lowest BCUT2D eigenvalue weighted by Gasteiger charge is -2.33. The molecule has 0 radical (unpaired) electrons. The Kier molecular flexibility index (Phi) is 4.77. The molecule has 0 aromatic heterocycles. The zero-order chi connectivity index (χ0) is 13.1. The Bertz CT molecular complexity index is 381. The third-order valence-electron chi connectivity index (χ3n) is 3.73. The van der Waals surface area contributed by atoms with E-state index in [1.165, 1.54) is 25.9 Å². The van der Waals surface area contributed by atoms with E-state index in [-0.39, 0.29) is 0 Å². The van der Waals surface area contributed by atoms with Gasteiger partial charge >= 0.3 is 0 Å². The van der Waals surface area contributed by atoms with Gasteiger partial charge in [-0.1, -0.05) is 23.2 Å². The number of nitrogens with zero attached hydrogens (tertiary/aromatic N) is 1. The van der Waals surface area contributed by atoms with Crippen LogP contribution in [0.1, 0.15) is 19.8 Å². The molecule has 1 fully saturated rings. The molecule has 0 amide bonds. The molecule has 100 valence electrons. The van der Waals surface area contributed by atoms with Gasteiger partial charge in [0, 0.05) is 21.8 Å². The minimum absolute atomic E-state index is 0.452. The first kappa shape index (κ1) is 14.0. The van der Waals surface area contributed by atoms with E-state index in [2.05, 4.69) is 24.2 Å². The Morgan fingerprint density at radius 3 is 2.28 bits per heavy atom. The number of piperidine rings is 1. The second-order valence-electron chi connectivity index (χ2n) is 5.23. The van der Waals surface area contributed by atoms with Gasteiger partial charge in [-0.15, -0.1) is 0 Å². The van der Waals surface area contributed by atoms with E-state index < -0.39 is 0 Å². The van der Waals surface area contributed by atoms with Crippen molar-refractivity contribution in [2.24, 2.45) is 5.92 Å². The quantitative estimate of drug-likeness (QED) is 0.899. The maximum absolute atomic E-state index is 6.01. The number of halogens is 2. The van der Waals surface area contributed by atoms with Crippen molar-refractivity contribution in [2.75, 3.05) is 25.5 Å². The number of hydrogen-bond donors (Lipinski definition) is 1. The van der Waals surface area contributed by atoms with Crippen LogP contribution in [-0.4, -0.2) is 31.1 Å². The van der Waals surface area contributed by atoms with E-state index in [0.29, 0.717) is 16.1 Å². The van der Waals surface area contributed by atoms with Crippen LogP contribution in [-0.2, 0) is 0 Å². The number of likely N-dealkylation sites (tertiary alicyclic amines) is 1. The van der Waals surface area contributed by atoms with Gasteiger partial charge < -0.3 is 10.2 Å². The SMILES string of the molecule is CC(Nc1cc(Cl)cc(Cl)c1)C1CCN(C)CC1. The molecule has 18 heavy (non-hydrogen) atoms. The third-order valence-corrected chi connectivity index (χ3v) is 4.16. The summed E-state index contributed by atoms with van der Waals surface area (Å²) in [6.45, 7) is 4.62. The summed E-state index contributed by atoms with van der Waals surface area (Å²) in [5.41, 5.74) is 1.01. The van der Waals surface area contributed by atoms with Crippen LogP contribution in [0.25, 0.3) is 0 Å². The molecule has 1 atom stereocenters. The molecule has 1 aliphatic heterocycles. The average Bonchev–Trinajstić information content (AvgIpc) is 2.28. The van der Waals surface area contributed by atoms with E-state index in [4.69, 9.17) is 23.2 Å². The molecule has 2 nitrogen and oxygen atoms in total. The normalized spacial score (nSPS) is 19.8. The summed E-state index contributed by atoms with van der Waals surface area (Å²) < 4.78 is 0. The molecular weight excluding hydrogens is 267 g/mol. The minimum atomic E-state index is 0.452. The van der Waals surface area contributed by atoms with Crippen molar-refractivity contribution in [1.29, 1.82) is 0 Å². The van der Waals surface area contributed by atoms with Crippen LogP contribution in [0.2, 0.25) is 10.0 Å². The highest BCUT2D eigenvalue weighted by atomic mass is 35.5. The largest absolute Gasteiger partial charge is 0.382 e. The van der Waals surface area contributed by atoms with Gasteiger partial charge in [-0.3, -0.25) is 0 Å². The molecule has 0 aliphatic carbocycles. The van der Waals surface area contributed by atoms with E-state index in [1.54, 1.807) is 6.07 Å². The molecule has 1 saturated heterocycles. The molecule has 1 aliphatic rings. The van der Waals surface area contributed by atoms with Gasteiger partial charge in [0.25, 0.3) is 0 Å². The van der Waals surface area contributed by atoms with Crippen LogP contribution in [0.15, 0.2) is 18.2 Å².